The summed E-state index contributed by atoms with van der Waals surface area (Å²) in [6.07, 6.45) is 0.734. The molecule has 0 radical (unpaired) electrons. The summed E-state index contributed by atoms with van der Waals surface area (Å²) in [5, 5.41) is 6.66. The zero-order valence-electron chi connectivity index (χ0n) is 10.8. The summed E-state index contributed by atoms with van der Waals surface area (Å²) >= 11 is 0. The molecule has 19 heavy (non-hydrogen) atoms. The van der Waals surface area contributed by atoms with Crippen molar-refractivity contribution in [3.8, 4) is 0 Å². The fourth-order valence-corrected chi connectivity index (χ4v) is 1.64. The largest absolute Gasteiger partial charge is 0.376 e. The van der Waals surface area contributed by atoms with Crippen molar-refractivity contribution in [1.82, 2.24) is 10.1 Å². The van der Waals surface area contributed by atoms with Gasteiger partial charge >= 0.3 is 0 Å². The van der Waals surface area contributed by atoms with E-state index in [9.17, 15) is 8.78 Å². The monoisotopic (exact) mass is 267 g/mol. The van der Waals surface area contributed by atoms with Crippen molar-refractivity contribution >= 4 is 5.69 Å². The van der Waals surface area contributed by atoms with Crippen molar-refractivity contribution in [1.29, 1.82) is 0 Å². The Balaban J connectivity index is 1.96. The lowest BCUT2D eigenvalue weighted by Crippen LogP contribution is -2.01. The molecule has 6 heteroatoms. The average molecular weight is 267 g/mol. The summed E-state index contributed by atoms with van der Waals surface area (Å²) in [6.45, 7) is 4.35. The second kappa shape index (κ2) is 5.77. The van der Waals surface area contributed by atoms with Gasteiger partial charge in [-0.15, -0.1) is 0 Å². The Kier molecular flexibility index (Phi) is 4.09. The maximum Gasteiger partial charge on any atom is 0.245 e. The molecule has 0 bridgehead atoms. The molecule has 0 saturated heterocycles. The number of aromatic nitrogens is 2. The lowest BCUT2D eigenvalue weighted by molar-refractivity contribution is 0.375. The number of halogens is 2. The Morgan fingerprint density at radius 3 is 2.53 bits per heavy atom. The molecule has 1 N–H and O–H groups in total. The Morgan fingerprint density at radius 1 is 1.21 bits per heavy atom. The van der Waals surface area contributed by atoms with Crippen LogP contribution >= 0.6 is 0 Å². The van der Waals surface area contributed by atoms with E-state index in [-0.39, 0.29) is 6.54 Å². The summed E-state index contributed by atoms with van der Waals surface area (Å²) < 4.78 is 31.0. The van der Waals surface area contributed by atoms with Gasteiger partial charge in [-0.25, -0.2) is 8.78 Å². The first-order valence-corrected chi connectivity index (χ1v) is 6.04. The third-order valence-corrected chi connectivity index (χ3v) is 2.41. The molecular formula is C13H15F2N3O. The minimum Gasteiger partial charge on any atom is -0.376 e. The lowest BCUT2D eigenvalue weighted by atomic mass is 10.1. The number of hydrogen-bond donors (Lipinski definition) is 1. The molecule has 1 heterocycles. The molecule has 4 nitrogen and oxygen atoms in total. The first-order valence-electron chi connectivity index (χ1n) is 6.04. The molecule has 1 aromatic carbocycles. The smallest absolute Gasteiger partial charge is 0.245 e. The quantitative estimate of drug-likeness (QED) is 0.904. The number of hydrogen-bond acceptors (Lipinski definition) is 4. The summed E-state index contributed by atoms with van der Waals surface area (Å²) in [5.74, 6) is 0.204. The van der Waals surface area contributed by atoms with Crippen LogP contribution in [0.1, 0.15) is 25.6 Å². The van der Waals surface area contributed by atoms with Crippen molar-refractivity contribution < 1.29 is 13.3 Å². The van der Waals surface area contributed by atoms with Gasteiger partial charge in [-0.2, -0.15) is 4.98 Å². The van der Waals surface area contributed by atoms with E-state index in [1.807, 2.05) is 0 Å². The fourth-order valence-electron chi connectivity index (χ4n) is 1.64. The molecule has 0 aliphatic carbocycles. The van der Waals surface area contributed by atoms with Crippen molar-refractivity contribution in [2.75, 3.05) is 5.32 Å². The maximum atomic E-state index is 13.0. The standard InChI is InChI=1S/C13H15F2N3O/c1-8(2)3-12-17-13(19-18-12)7-16-11-5-9(14)4-10(15)6-11/h4-6,8,16H,3,7H2,1-2H3. The molecule has 0 unspecified atom stereocenters. The highest BCUT2D eigenvalue weighted by Gasteiger charge is 2.08. The van der Waals surface area contributed by atoms with Gasteiger partial charge < -0.3 is 9.84 Å². The van der Waals surface area contributed by atoms with E-state index in [2.05, 4.69) is 29.3 Å². The van der Waals surface area contributed by atoms with Crippen molar-refractivity contribution in [2.45, 2.75) is 26.8 Å². The van der Waals surface area contributed by atoms with Gasteiger partial charge in [0.15, 0.2) is 5.82 Å². The summed E-state index contributed by atoms with van der Waals surface area (Å²) in [5.41, 5.74) is 0.334. The van der Waals surface area contributed by atoms with Crippen molar-refractivity contribution in [3.63, 3.8) is 0 Å². The average Bonchev–Trinajstić information content (AvgIpc) is 2.72. The first kappa shape index (κ1) is 13.5. The van der Waals surface area contributed by atoms with Crippen LogP contribution in [0.2, 0.25) is 0 Å². The maximum absolute atomic E-state index is 13.0. The predicted octanol–water partition coefficient (Wildman–Crippen LogP) is 3.16. The van der Waals surface area contributed by atoms with Gasteiger partial charge in [-0.1, -0.05) is 19.0 Å². The normalized spacial score (nSPS) is 11.0. The van der Waals surface area contributed by atoms with Crippen LogP contribution in [0.5, 0.6) is 0 Å². The summed E-state index contributed by atoms with van der Waals surface area (Å²) in [7, 11) is 0. The van der Waals surface area contributed by atoms with Gasteiger partial charge in [0.25, 0.3) is 0 Å². The van der Waals surface area contributed by atoms with Crippen LogP contribution in [-0.2, 0) is 13.0 Å². The number of nitrogens with zero attached hydrogens (tertiary/aromatic N) is 2. The molecule has 0 spiro atoms. The van der Waals surface area contributed by atoms with Crippen molar-refractivity contribution in [3.05, 3.63) is 41.5 Å². The molecule has 0 fully saturated rings. The number of anilines is 1. The van der Waals surface area contributed by atoms with Crippen LogP contribution in [0, 0.1) is 17.6 Å². The predicted molar refractivity (Wildman–Crippen MR) is 66.5 cm³/mol. The molecular weight excluding hydrogens is 252 g/mol. The van der Waals surface area contributed by atoms with E-state index in [1.54, 1.807) is 0 Å². The SMILES string of the molecule is CC(C)Cc1noc(CNc2cc(F)cc(F)c2)n1. The first-order chi connectivity index (χ1) is 9.02. The highest BCUT2D eigenvalue weighted by Crippen LogP contribution is 2.14. The number of benzene rings is 1. The van der Waals surface area contributed by atoms with Crippen LogP contribution in [-0.4, -0.2) is 10.1 Å². The zero-order valence-corrected chi connectivity index (χ0v) is 10.8. The summed E-state index contributed by atoms with van der Waals surface area (Å²) in [4.78, 5) is 4.18. The molecule has 0 amide bonds. The van der Waals surface area contributed by atoms with Crippen LogP contribution in [0.4, 0.5) is 14.5 Å². The van der Waals surface area contributed by atoms with Gasteiger partial charge in [-0.05, 0) is 18.1 Å². The van der Waals surface area contributed by atoms with Gasteiger partial charge in [0, 0.05) is 18.2 Å². The molecule has 0 aliphatic rings. The minimum absolute atomic E-state index is 0.230. The van der Waals surface area contributed by atoms with Gasteiger partial charge in [0.1, 0.15) is 11.6 Å². The Bertz CT molecular complexity index is 534. The Morgan fingerprint density at radius 2 is 1.89 bits per heavy atom. The topological polar surface area (TPSA) is 51.0 Å². The van der Waals surface area contributed by atoms with E-state index >= 15 is 0 Å². The van der Waals surface area contributed by atoms with Crippen LogP contribution in [0.15, 0.2) is 22.7 Å². The molecule has 0 atom stereocenters. The number of rotatable bonds is 5. The molecule has 0 saturated carbocycles. The summed E-state index contributed by atoms with van der Waals surface area (Å²) in [6, 6.07) is 3.22. The third-order valence-electron chi connectivity index (χ3n) is 2.41. The molecule has 2 aromatic rings. The fraction of sp³-hybridized carbons (Fsp3) is 0.385. The van der Waals surface area contributed by atoms with Gasteiger partial charge in [0.2, 0.25) is 5.89 Å². The molecule has 2 rings (SSSR count). The van der Waals surface area contributed by atoms with Gasteiger partial charge in [-0.3, -0.25) is 0 Å². The van der Waals surface area contributed by atoms with Crippen LogP contribution < -0.4 is 5.32 Å². The molecule has 102 valence electrons. The lowest BCUT2D eigenvalue weighted by Gasteiger charge is -2.03. The van der Waals surface area contributed by atoms with E-state index in [4.69, 9.17) is 4.52 Å². The minimum atomic E-state index is -0.631. The molecule has 0 aliphatic heterocycles. The van der Waals surface area contributed by atoms with E-state index in [0.29, 0.717) is 23.3 Å². The zero-order chi connectivity index (χ0) is 13.8. The third kappa shape index (κ3) is 4.01. The van der Waals surface area contributed by atoms with Crippen molar-refractivity contribution in [2.24, 2.45) is 5.92 Å². The van der Waals surface area contributed by atoms with E-state index in [0.717, 1.165) is 12.5 Å². The van der Waals surface area contributed by atoms with Crippen LogP contribution in [0.3, 0.4) is 0 Å². The second-order valence-corrected chi connectivity index (χ2v) is 4.71. The van der Waals surface area contributed by atoms with Gasteiger partial charge in [0.05, 0.1) is 6.54 Å². The van der Waals surface area contributed by atoms with Crippen LogP contribution in [0.25, 0.3) is 0 Å². The van der Waals surface area contributed by atoms with E-state index in [1.165, 1.54) is 12.1 Å². The number of nitrogens with one attached hydrogen (secondary N) is 1. The van der Waals surface area contributed by atoms with E-state index < -0.39 is 11.6 Å². The highest BCUT2D eigenvalue weighted by atomic mass is 19.1. The Hall–Kier alpha value is -1.98. The highest BCUT2D eigenvalue weighted by molar-refractivity contribution is 5.43. The molecule has 1 aromatic heterocycles. The Labute approximate surface area is 109 Å². The second-order valence-electron chi connectivity index (χ2n) is 4.71.